The fourth-order valence-corrected chi connectivity index (χ4v) is 3.38. The van der Waals surface area contributed by atoms with E-state index in [-0.39, 0.29) is 12.0 Å². The maximum Gasteiger partial charge on any atom is 0.156 e. The summed E-state index contributed by atoms with van der Waals surface area (Å²) in [6.45, 7) is 5.26. The van der Waals surface area contributed by atoms with E-state index in [1.807, 2.05) is 36.4 Å². The van der Waals surface area contributed by atoms with Crippen LogP contribution in [0.2, 0.25) is 10.0 Å². The molecule has 0 aliphatic rings. The van der Waals surface area contributed by atoms with Gasteiger partial charge in [-0.1, -0.05) is 49.2 Å². The molecule has 2 aromatic rings. The van der Waals surface area contributed by atoms with Crippen LogP contribution in [0, 0.1) is 0 Å². The topological polar surface area (TPSA) is 38.7 Å². The highest BCUT2D eigenvalue weighted by Crippen LogP contribution is 2.40. The molecule has 2 aromatic carbocycles. The van der Waals surface area contributed by atoms with E-state index in [4.69, 9.17) is 49.4 Å². The van der Waals surface area contributed by atoms with E-state index in [0.717, 1.165) is 23.3 Å². The van der Waals surface area contributed by atoms with E-state index in [9.17, 15) is 0 Å². The molecular formula is C21H25Cl3O3. The zero-order valence-corrected chi connectivity index (χ0v) is 17.9. The number of aliphatic hydroxyl groups excluding tert-OH is 1. The highest BCUT2D eigenvalue weighted by Gasteiger charge is 2.25. The van der Waals surface area contributed by atoms with Crippen LogP contribution in [0.3, 0.4) is 0 Å². The van der Waals surface area contributed by atoms with Crippen LogP contribution in [0.15, 0.2) is 36.4 Å². The summed E-state index contributed by atoms with van der Waals surface area (Å²) in [5.74, 6) is 1.87. The molecule has 0 aromatic heterocycles. The van der Waals surface area contributed by atoms with Gasteiger partial charge in [0, 0.05) is 24.3 Å². The number of hydrogen-bond acceptors (Lipinski definition) is 3. The summed E-state index contributed by atoms with van der Waals surface area (Å²) in [5, 5.41) is 9.80. The maximum absolute atomic E-state index is 8.88. The molecule has 0 heterocycles. The number of halogens is 3. The van der Waals surface area contributed by atoms with Crippen LogP contribution in [0.4, 0.5) is 0 Å². The molecule has 6 heteroatoms. The van der Waals surface area contributed by atoms with Gasteiger partial charge in [-0.25, -0.2) is 0 Å². The van der Waals surface area contributed by atoms with Crippen molar-refractivity contribution in [3.63, 3.8) is 0 Å². The molecule has 0 saturated heterocycles. The second-order valence-electron chi connectivity index (χ2n) is 6.74. The molecule has 0 atom stereocenters. The van der Waals surface area contributed by atoms with E-state index < -0.39 is 0 Å². The van der Waals surface area contributed by atoms with Crippen molar-refractivity contribution in [1.82, 2.24) is 0 Å². The first-order valence-corrected chi connectivity index (χ1v) is 10.2. The number of benzene rings is 2. The number of rotatable bonds is 10. The van der Waals surface area contributed by atoms with E-state index in [1.54, 1.807) is 0 Å². The van der Waals surface area contributed by atoms with Gasteiger partial charge in [-0.3, -0.25) is 0 Å². The van der Waals surface area contributed by atoms with Crippen molar-refractivity contribution >= 4 is 34.8 Å². The van der Waals surface area contributed by atoms with Gasteiger partial charge in [0.1, 0.15) is 5.75 Å². The third kappa shape index (κ3) is 5.92. The standard InChI is InChI=1S/C21H25Cl3O3/c1-21(2,15-5-7-17(8-6-15)26-11-3-9-22)16-13-18(23)20(19(24)14-16)27-12-4-10-25/h5-8,13-14,25H,3-4,9-12H2,1-2H3. The Morgan fingerprint density at radius 3 is 2.04 bits per heavy atom. The Bertz CT molecular complexity index is 707. The second kappa shape index (κ2) is 10.4. The van der Waals surface area contributed by atoms with E-state index in [1.165, 1.54) is 0 Å². The zero-order chi connectivity index (χ0) is 19.9. The average Bonchev–Trinajstić information content (AvgIpc) is 2.64. The number of aliphatic hydroxyl groups is 1. The van der Waals surface area contributed by atoms with E-state index in [2.05, 4.69) is 13.8 Å². The number of hydrogen-bond donors (Lipinski definition) is 1. The van der Waals surface area contributed by atoms with E-state index >= 15 is 0 Å². The molecule has 0 unspecified atom stereocenters. The third-order valence-corrected chi connectivity index (χ3v) is 5.22. The van der Waals surface area contributed by atoms with Gasteiger partial charge in [0.25, 0.3) is 0 Å². The maximum atomic E-state index is 8.88. The average molecular weight is 432 g/mol. The highest BCUT2D eigenvalue weighted by molar-refractivity contribution is 6.37. The number of alkyl halides is 1. The van der Waals surface area contributed by atoms with Crippen LogP contribution in [0.5, 0.6) is 11.5 Å². The SMILES string of the molecule is CC(C)(c1ccc(OCCCCl)cc1)c1cc(Cl)c(OCCCO)c(Cl)c1. The predicted octanol–water partition coefficient (Wildman–Crippen LogP) is 6.09. The Kier molecular flexibility index (Phi) is 8.56. The van der Waals surface area contributed by atoms with Crippen LogP contribution < -0.4 is 9.47 Å². The molecule has 0 saturated carbocycles. The molecule has 0 amide bonds. The Balaban J connectivity index is 2.20. The van der Waals surface area contributed by atoms with Crippen molar-refractivity contribution in [2.24, 2.45) is 0 Å². The van der Waals surface area contributed by atoms with Gasteiger partial charge in [0.15, 0.2) is 5.75 Å². The van der Waals surface area contributed by atoms with Gasteiger partial charge in [-0.05, 0) is 41.8 Å². The van der Waals surface area contributed by atoms with E-state index in [0.29, 0.717) is 41.3 Å². The van der Waals surface area contributed by atoms with Crippen LogP contribution >= 0.6 is 34.8 Å². The van der Waals surface area contributed by atoms with Crippen LogP contribution in [0.1, 0.15) is 37.8 Å². The highest BCUT2D eigenvalue weighted by atomic mass is 35.5. The monoisotopic (exact) mass is 430 g/mol. The quantitative estimate of drug-likeness (QED) is 0.365. The molecule has 148 valence electrons. The summed E-state index contributed by atoms with van der Waals surface area (Å²) in [6.07, 6.45) is 1.34. The Morgan fingerprint density at radius 2 is 1.48 bits per heavy atom. The molecule has 2 rings (SSSR count). The minimum Gasteiger partial charge on any atom is -0.494 e. The molecule has 0 aliphatic heterocycles. The second-order valence-corrected chi connectivity index (χ2v) is 7.93. The molecule has 0 bridgehead atoms. The first-order valence-electron chi connectivity index (χ1n) is 8.92. The van der Waals surface area contributed by atoms with Gasteiger partial charge in [0.2, 0.25) is 0 Å². The minimum absolute atomic E-state index is 0.0614. The largest absolute Gasteiger partial charge is 0.494 e. The summed E-state index contributed by atoms with van der Waals surface area (Å²) in [6, 6.07) is 11.8. The lowest BCUT2D eigenvalue weighted by Gasteiger charge is -2.27. The summed E-state index contributed by atoms with van der Waals surface area (Å²) >= 11 is 18.5. The molecule has 3 nitrogen and oxygen atoms in total. The van der Waals surface area contributed by atoms with Gasteiger partial charge in [-0.15, -0.1) is 11.6 Å². The van der Waals surface area contributed by atoms with Gasteiger partial charge < -0.3 is 14.6 Å². The third-order valence-electron chi connectivity index (χ3n) is 4.39. The zero-order valence-electron chi connectivity index (χ0n) is 15.6. The van der Waals surface area contributed by atoms with Gasteiger partial charge in [0.05, 0.1) is 23.3 Å². The minimum atomic E-state index is -0.300. The molecule has 0 spiro atoms. The van der Waals surface area contributed by atoms with Crippen LogP contribution in [-0.4, -0.2) is 30.8 Å². The molecule has 0 radical (unpaired) electrons. The van der Waals surface area contributed by atoms with Crippen molar-refractivity contribution < 1.29 is 14.6 Å². The fraction of sp³-hybridized carbons (Fsp3) is 0.429. The fourth-order valence-electron chi connectivity index (χ4n) is 2.68. The van der Waals surface area contributed by atoms with Crippen molar-refractivity contribution in [1.29, 1.82) is 0 Å². The van der Waals surface area contributed by atoms with Crippen molar-refractivity contribution in [3.8, 4) is 11.5 Å². The van der Waals surface area contributed by atoms with Crippen LogP contribution in [-0.2, 0) is 5.41 Å². The molecule has 0 aliphatic carbocycles. The lowest BCUT2D eigenvalue weighted by Crippen LogP contribution is -2.19. The van der Waals surface area contributed by atoms with Crippen LogP contribution in [0.25, 0.3) is 0 Å². The van der Waals surface area contributed by atoms with Gasteiger partial charge >= 0.3 is 0 Å². The summed E-state index contributed by atoms with van der Waals surface area (Å²) in [5.41, 5.74) is 1.81. The summed E-state index contributed by atoms with van der Waals surface area (Å²) in [7, 11) is 0. The predicted molar refractivity (Wildman–Crippen MR) is 113 cm³/mol. The lowest BCUT2D eigenvalue weighted by atomic mass is 9.78. The molecule has 1 N–H and O–H groups in total. The lowest BCUT2D eigenvalue weighted by molar-refractivity contribution is 0.233. The van der Waals surface area contributed by atoms with Gasteiger partial charge in [-0.2, -0.15) is 0 Å². The first kappa shape index (κ1) is 22.2. The van der Waals surface area contributed by atoms with Crippen molar-refractivity contribution in [2.75, 3.05) is 25.7 Å². The Morgan fingerprint density at radius 1 is 0.889 bits per heavy atom. The Hall–Kier alpha value is -1.13. The van der Waals surface area contributed by atoms with Crippen molar-refractivity contribution in [3.05, 3.63) is 57.6 Å². The summed E-state index contributed by atoms with van der Waals surface area (Å²) < 4.78 is 11.3. The molecular weight excluding hydrogens is 407 g/mol. The Labute approximate surface area is 176 Å². The summed E-state index contributed by atoms with van der Waals surface area (Å²) in [4.78, 5) is 0. The first-order chi connectivity index (χ1) is 12.9. The number of ether oxygens (including phenoxy) is 2. The molecule has 0 fully saturated rings. The van der Waals surface area contributed by atoms with Crippen molar-refractivity contribution in [2.45, 2.75) is 32.1 Å². The normalized spacial score (nSPS) is 11.5. The molecule has 27 heavy (non-hydrogen) atoms. The smallest absolute Gasteiger partial charge is 0.156 e.